The number of benzene rings is 1. The summed E-state index contributed by atoms with van der Waals surface area (Å²) in [4.78, 5) is 1.33. The predicted octanol–water partition coefficient (Wildman–Crippen LogP) is 3.18. The van der Waals surface area contributed by atoms with Crippen LogP contribution in [0.2, 0.25) is 0 Å². The van der Waals surface area contributed by atoms with Gasteiger partial charge in [-0.25, -0.2) is 13.1 Å². The summed E-state index contributed by atoms with van der Waals surface area (Å²) in [6.07, 6.45) is 2.03. The smallest absolute Gasteiger partial charge is 0.207 e. The maximum Gasteiger partial charge on any atom is 0.240 e. The fraction of sp³-hybridized carbons (Fsp3) is 0.286. The van der Waals surface area contributed by atoms with Gasteiger partial charge in [-0.15, -0.1) is 11.3 Å². The minimum absolute atomic E-state index is 0.323. The quantitative estimate of drug-likeness (QED) is 0.889. The van der Waals surface area contributed by atoms with Crippen molar-refractivity contribution in [1.29, 1.82) is 0 Å². The molecule has 0 aliphatic rings. The largest absolute Gasteiger partial charge is 0.240 e. The highest BCUT2D eigenvalue weighted by Gasteiger charge is 2.13. The maximum atomic E-state index is 12.1. The van der Waals surface area contributed by atoms with Gasteiger partial charge in [-0.3, -0.25) is 0 Å². The molecule has 1 N–H and O–H groups in total. The van der Waals surface area contributed by atoms with Crippen LogP contribution in [0, 0.1) is 0 Å². The summed E-state index contributed by atoms with van der Waals surface area (Å²) in [5, 5.41) is 1.93. The first-order chi connectivity index (χ1) is 9.12. The van der Waals surface area contributed by atoms with Gasteiger partial charge in [0, 0.05) is 11.4 Å². The summed E-state index contributed by atoms with van der Waals surface area (Å²) in [6, 6.07) is 10.9. The molecule has 0 radical (unpaired) electrons. The molecular weight excluding hydrogens is 278 g/mol. The number of aryl methyl sites for hydroxylation is 1. The first-order valence-corrected chi connectivity index (χ1v) is 8.59. The number of hydrogen-bond acceptors (Lipinski definition) is 3. The third-order valence-electron chi connectivity index (χ3n) is 2.79. The molecule has 2 rings (SSSR count). The van der Waals surface area contributed by atoms with E-state index < -0.39 is 10.0 Å². The number of sulfonamides is 1. The second kappa shape index (κ2) is 6.32. The van der Waals surface area contributed by atoms with Gasteiger partial charge in [-0.1, -0.05) is 31.5 Å². The van der Waals surface area contributed by atoms with E-state index in [4.69, 9.17) is 0 Å². The van der Waals surface area contributed by atoms with E-state index in [1.54, 1.807) is 23.5 Å². The molecule has 3 nitrogen and oxygen atoms in total. The Kier molecular flexibility index (Phi) is 4.74. The highest BCUT2D eigenvalue weighted by Crippen LogP contribution is 2.14. The normalized spacial score (nSPS) is 11.6. The van der Waals surface area contributed by atoms with Gasteiger partial charge in [-0.05, 0) is 35.6 Å². The zero-order valence-corrected chi connectivity index (χ0v) is 12.4. The molecule has 0 bridgehead atoms. The van der Waals surface area contributed by atoms with Crippen molar-refractivity contribution < 1.29 is 8.42 Å². The van der Waals surface area contributed by atoms with Gasteiger partial charge in [0.25, 0.3) is 0 Å². The van der Waals surface area contributed by atoms with E-state index in [0.29, 0.717) is 11.4 Å². The van der Waals surface area contributed by atoms with Crippen molar-refractivity contribution in [3.8, 4) is 0 Å². The first kappa shape index (κ1) is 14.2. The molecule has 0 spiro atoms. The molecule has 0 saturated heterocycles. The van der Waals surface area contributed by atoms with E-state index in [1.165, 1.54) is 5.56 Å². The van der Waals surface area contributed by atoms with Crippen molar-refractivity contribution in [2.75, 3.05) is 0 Å². The average molecular weight is 295 g/mol. The van der Waals surface area contributed by atoms with Gasteiger partial charge >= 0.3 is 0 Å². The van der Waals surface area contributed by atoms with Gasteiger partial charge in [0.1, 0.15) is 0 Å². The molecule has 0 atom stereocenters. The molecule has 5 heteroatoms. The highest BCUT2D eigenvalue weighted by atomic mass is 32.2. The standard InChI is InChI=1S/C14H17NO2S2/c1-2-4-12-6-8-14(9-7-12)19(16,17)15-11-13-5-3-10-18-13/h3,5-10,15H,2,4,11H2,1H3. The second-order valence-electron chi connectivity index (χ2n) is 4.30. The Hall–Kier alpha value is -1.17. The van der Waals surface area contributed by atoms with Gasteiger partial charge in [-0.2, -0.15) is 0 Å². The van der Waals surface area contributed by atoms with Gasteiger partial charge in [0.15, 0.2) is 0 Å². The average Bonchev–Trinajstić information content (AvgIpc) is 2.91. The second-order valence-corrected chi connectivity index (χ2v) is 7.10. The fourth-order valence-corrected chi connectivity index (χ4v) is 3.53. The maximum absolute atomic E-state index is 12.1. The van der Waals surface area contributed by atoms with E-state index in [2.05, 4.69) is 11.6 Å². The van der Waals surface area contributed by atoms with E-state index >= 15 is 0 Å². The summed E-state index contributed by atoms with van der Waals surface area (Å²) in [5.74, 6) is 0. The summed E-state index contributed by atoms with van der Waals surface area (Å²) < 4.78 is 26.8. The molecule has 0 aliphatic heterocycles. The van der Waals surface area contributed by atoms with Crippen LogP contribution in [0.15, 0.2) is 46.7 Å². The van der Waals surface area contributed by atoms with E-state index in [0.717, 1.165) is 17.7 Å². The minimum atomic E-state index is -3.41. The molecule has 0 fully saturated rings. The Balaban J connectivity index is 2.06. The minimum Gasteiger partial charge on any atom is -0.207 e. The van der Waals surface area contributed by atoms with Gasteiger partial charge < -0.3 is 0 Å². The summed E-state index contributed by atoms with van der Waals surface area (Å²) >= 11 is 1.54. The Morgan fingerprint density at radius 2 is 1.89 bits per heavy atom. The lowest BCUT2D eigenvalue weighted by Gasteiger charge is -2.06. The van der Waals surface area contributed by atoms with Crippen LogP contribution in [0.5, 0.6) is 0 Å². The van der Waals surface area contributed by atoms with Crippen LogP contribution in [0.4, 0.5) is 0 Å². The lowest BCUT2D eigenvalue weighted by atomic mass is 10.1. The Labute approximate surface area is 118 Å². The number of rotatable bonds is 6. The highest BCUT2D eigenvalue weighted by molar-refractivity contribution is 7.89. The van der Waals surface area contributed by atoms with E-state index in [9.17, 15) is 8.42 Å². The zero-order chi connectivity index (χ0) is 13.7. The third kappa shape index (κ3) is 3.89. The van der Waals surface area contributed by atoms with Crippen molar-refractivity contribution in [2.24, 2.45) is 0 Å². The van der Waals surface area contributed by atoms with Crippen LogP contribution in [0.25, 0.3) is 0 Å². The van der Waals surface area contributed by atoms with Crippen molar-refractivity contribution in [3.63, 3.8) is 0 Å². The molecule has 1 aromatic heterocycles. The molecular formula is C14H17NO2S2. The number of hydrogen-bond donors (Lipinski definition) is 1. The molecule has 1 heterocycles. The molecule has 0 unspecified atom stereocenters. The van der Waals surface area contributed by atoms with Crippen molar-refractivity contribution in [2.45, 2.75) is 31.2 Å². The Bertz CT molecular complexity index is 601. The Morgan fingerprint density at radius 1 is 1.16 bits per heavy atom. The summed E-state index contributed by atoms with van der Waals surface area (Å²) in [6.45, 7) is 2.45. The molecule has 1 aromatic carbocycles. The topological polar surface area (TPSA) is 46.2 Å². The van der Waals surface area contributed by atoms with Crippen LogP contribution in [-0.2, 0) is 23.0 Å². The lowest BCUT2D eigenvalue weighted by Crippen LogP contribution is -2.22. The van der Waals surface area contributed by atoms with Gasteiger partial charge in [0.05, 0.1) is 4.90 Å². The molecule has 0 saturated carbocycles. The molecule has 0 amide bonds. The van der Waals surface area contributed by atoms with Crippen LogP contribution in [-0.4, -0.2) is 8.42 Å². The predicted molar refractivity (Wildman–Crippen MR) is 78.8 cm³/mol. The monoisotopic (exact) mass is 295 g/mol. The number of nitrogens with one attached hydrogen (secondary N) is 1. The van der Waals surface area contributed by atoms with Crippen LogP contribution < -0.4 is 4.72 Å². The van der Waals surface area contributed by atoms with E-state index in [1.807, 2.05) is 29.6 Å². The van der Waals surface area contributed by atoms with Crippen LogP contribution in [0.3, 0.4) is 0 Å². The lowest BCUT2D eigenvalue weighted by molar-refractivity contribution is 0.582. The van der Waals surface area contributed by atoms with Crippen molar-refractivity contribution in [1.82, 2.24) is 4.72 Å². The SMILES string of the molecule is CCCc1ccc(S(=O)(=O)NCc2cccs2)cc1. The molecule has 0 aliphatic carbocycles. The van der Waals surface area contributed by atoms with Crippen LogP contribution >= 0.6 is 11.3 Å². The third-order valence-corrected chi connectivity index (χ3v) is 5.08. The van der Waals surface area contributed by atoms with Gasteiger partial charge in [0.2, 0.25) is 10.0 Å². The summed E-state index contributed by atoms with van der Waals surface area (Å²) in [7, 11) is -3.41. The first-order valence-electron chi connectivity index (χ1n) is 6.23. The molecule has 19 heavy (non-hydrogen) atoms. The van der Waals surface area contributed by atoms with Crippen molar-refractivity contribution in [3.05, 3.63) is 52.2 Å². The zero-order valence-electron chi connectivity index (χ0n) is 10.8. The van der Waals surface area contributed by atoms with Crippen LogP contribution in [0.1, 0.15) is 23.8 Å². The Morgan fingerprint density at radius 3 is 2.47 bits per heavy atom. The summed E-state index contributed by atoms with van der Waals surface area (Å²) in [5.41, 5.74) is 1.17. The van der Waals surface area contributed by atoms with E-state index in [-0.39, 0.29) is 0 Å². The molecule has 2 aromatic rings. The molecule has 102 valence electrons. The fourth-order valence-electron chi connectivity index (χ4n) is 1.79. The number of thiophene rings is 1. The van der Waals surface area contributed by atoms with Crippen molar-refractivity contribution >= 4 is 21.4 Å².